The summed E-state index contributed by atoms with van der Waals surface area (Å²) in [5, 5.41) is 1.87. The van der Waals surface area contributed by atoms with E-state index in [2.05, 4.69) is 79.0 Å². The van der Waals surface area contributed by atoms with Gasteiger partial charge in [-0.25, -0.2) is 0 Å². The highest BCUT2D eigenvalue weighted by Crippen LogP contribution is 2.33. The second-order valence-electron chi connectivity index (χ2n) is 4.77. The van der Waals surface area contributed by atoms with Crippen molar-refractivity contribution < 1.29 is 4.74 Å². The third kappa shape index (κ3) is 5.49. The maximum absolute atomic E-state index is 5.73. The molecule has 1 aromatic rings. The van der Waals surface area contributed by atoms with Gasteiger partial charge in [-0.1, -0.05) is 73.3 Å². The van der Waals surface area contributed by atoms with Crippen LogP contribution in [0.1, 0.15) is 31.7 Å². The topological polar surface area (TPSA) is 9.23 Å². The fraction of sp³-hybridized carbons (Fsp3) is 0.600. The lowest BCUT2D eigenvalue weighted by molar-refractivity contribution is 0.117. The van der Waals surface area contributed by atoms with Crippen molar-refractivity contribution in [2.75, 3.05) is 23.9 Å². The zero-order valence-electron chi connectivity index (χ0n) is 11.3. The molecule has 0 saturated carbocycles. The number of rotatable bonds is 9. The maximum atomic E-state index is 5.73. The summed E-state index contributed by atoms with van der Waals surface area (Å²) in [6.07, 6.45) is 3.36. The van der Waals surface area contributed by atoms with Gasteiger partial charge in [-0.15, -0.1) is 0 Å². The van der Waals surface area contributed by atoms with Gasteiger partial charge in [-0.05, 0) is 30.5 Å². The molecule has 1 nitrogen and oxygen atoms in total. The summed E-state index contributed by atoms with van der Waals surface area (Å²) < 4.78 is 6.85. The molecule has 0 aromatic heterocycles. The van der Waals surface area contributed by atoms with Gasteiger partial charge in [-0.2, -0.15) is 0 Å². The largest absolute Gasteiger partial charge is 0.381 e. The lowest BCUT2D eigenvalue weighted by Crippen LogP contribution is -2.31. The molecule has 1 rings (SSSR count). The summed E-state index contributed by atoms with van der Waals surface area (Å²) in [4.78, 5) is 0. The van der Waals surface area contributed by atoms with Crippen molar-refractivity contribution in [3.63, 3.8) is 0 Å². The molecule has 0 N–H and O–H groups in total. The number of hydrogen-bond acceptors (Lipinski definition) is 1. The van der Waals surface area contributed by atoms with Crippen molar-refractivity contribution in [3.05, 3.63) is 34.3 Å². The van der Waals surface area contributed by atoms with Crippen LogP contribution in [-0.2, 0) is 10.2 Å². The monoisotopic (exact) mass is 454 g/mol. The fourth-order valence-electron chi connectivity index (χ4n) is 1.89. The predicted molar refractivity (Wildman–Crippen MR) is 93.8 cm³/mol. The number of halogens is 3. The van der Waals surface area contributed by atoms with Crippen LogP contribution < -0.4 is 0 Å². The van der Waals surface area contributed by atoms with Gasteiger partial charge in [0.05, 0.1) is 0 Å². The molecule has 0 spiro atoms. The summed E-state index contributed by atoms with van der Waals surface area (Å²) in [6, 6.07) is 8.60. The summed E-state index contributed by atoms with van der Waals surface area (Å²) in [6.45, 7) is 3.87. The number of ether oxygens (including phenoxy) is 1. The van der Waals surface area contributed by atoms with Crippen molar-refractivity contribution in [3.8, 4) is 0 Å². The SMILES string of the molecule is CCCCOCCC(CBr)(CBr)c1ccc(Br)cc1. The number of benzene rings is 1. The van der Waals surface area contributed by atoms with E-state index in [1.807, 2.05) is 0 Å². The average Bonchev–Trinajstić information content (AvgIpc) is 2.45. The number of hydrogen-bond donors (Lipinski definition) is 0. The standard InChI is InChI=1S/C15H21Br3O/c1-2-3-9-19-10-8-15(11-16,12-17)13-4-6-14(18)7-5-13/h4-7H,2-3,8-12H2,1H3. The van der Waals surface area contributed by atoms with Crippen LogP contribution in [0.4, 0.5) is 0 Å². The molecular formula is C15H21Br3O. The van der Waals surface area contributed by atoms with E-state index in [9.17, 15) is 0 Å². The van der Waals surface area contributed by atoms with Gasteiger partial charge in [0.25, 0.3) is 0 Å². The Bertz CT molecular complexity index is 347. The predicted octanol–water partition coefficient (Wildman–Crippen LogP) is 5.68. The minimum absolute atomic E-state index is 0.104. The number of unbranched alkanes of at least 4 members (excludes halogenated alkanes) is 1. The minimum Gasteiger partial charge on any atom is -0.381 e. The Morgan fingerprint density at radius 3 is 2.21 bits per heavy atom. The molecule has 0 fully saturated rings. The molecule has 0 atom stereocenters. The van der Waals surface area contributed by atoms with Gasteiger partial charge in [0.2, 0.25) is 0 Å². The summed E-state index contributed by atoms with van der Waals surface area (Å²) in [5.74, 6) is 0. The van der Waals surface area contributed by atoms with Crippen LogP contribution in [-0.4, -0.2) is 23.9 Å². The lowest BCUT2D eigenvalue weighted by Gasteiger charge is -2.30. The van der Waals surface area contributed by atoms with Crippen LogP contribution in [0.15, 0.2) is 28.7 Å². The highest BCUT2D eigenvalue weighted by molar-refractivity contribution is 9.10. The van der Waals surface area contributed by atoms with Gasteiger partial charge in [0.1, 0.15) is 0 Å². The zero-order chi connectivity index (χ0) is 14.1. The molecule has 0 bridgehead atoms. The molecule has 0 aliphatic heterocycles. The Hall–Kier alpha value is 0.620. The molecule has 19 heavy (non-hydrogen) atoms. The first-order valence-electron chi connectivity index (χ1n) is 6.64. The Kier molecular flexibility index (Phi) is 8.87. The Labute approximate surface area is 141 Å². The van der Waals surface area contributed by atoms with Crippen LogP contribution in [0.2, 0.25) is 0 Å². The normalized spacial score (nSPS) is 11.8. The van der Waals surface area contributed by atoms with Crippen LogP contribution in [0.3, 0.4) is 0 Å². The van der Waals surface area contributed by atoms with E-state index in [0.29, 0.717) is 0 Å². The first kappa shape index (κ1) is 17.7. The van der Waals surface area contributed by atoms with E-state index in [1.165, 1.54) is 12.0 Å². The Morgan fingerprint density at radius 1 is 1.05 bits per heavy atom. The third-order valence-corrected chi connectivity index (χ3v) is 6.01. The molecule has 4 heteroatoms. The van der Waals surface area contributed by atoms with Crippen LogP contribution >= 0.6 is 47.8 Å². The highest BCUT2D eigenvalue weighted by Gasteiger charge is 2.29. The minimum atomic E-state index is 0.104. The van der Waals surface area contributed by atoms with Gasteiger partial charge in [0.15, 0.2) is 0 Å². The molecule has 0 saturated heterocycles. The highest BCUT2D eigenvalue weighted by atomic mass is 79.9. The second-order valence-corrected chi connectivity index (χ2v) is 6.81. The van der Waals surface area contributed by atoms with Crippen molar-refractivity contribution in [1.82, 2.24) is 0 Å². The quantitative estimate of drug-likeness (QED) is 0.343. The van der Waals surface area contributed by atoms with E-state index in [4.69, 9.17) is 4.74 Å². The average molecular weight is 457 g/mol. The van der Waals surface area contributed by atoms with Gasteiger partial charge < -0.3 is 4.74 Å². The van der Waals surface area contributed by atoms with Crippen LogP contribution in [0.25, 0.3) is 0 Å². The van der Waals surface area contributed by atoms with Crippen molar-refractivity contribution in [2.45, 2.75) is 31.6 Å². The first-order chi connectivity index (χ1) is 9.18. The second kappa shape index (κ2) is 9.54. The molecule has 108 valence electrons. The maximum Gasteiger partial charge on any atom is 0.0475 e. The smallest absolute Gasteiger partial charge is 0.0475 e. The summed E-state index contributed by atoms with van der Waals surface area (Å²) >= 11 is 10.8. The molecule has 0 aliphatic rings. The van der Waals surface area contributed by atoms with Crippen molar-refractivity contribution in [2.24, 2.45) is 0 Å². The lowest BCUT2D eigenvalue weighted by atomic mass is 9.82. The van der Waals surface area contributed by atoms with Crippen LogP contribution in [0.5, 0.6) is 0 Å². The first-order valence-corrected chi connectivity index (χ1v) is 9.68. The van der Waals surface area contributed by atoms with Crippen LogP contribution in [0, 0.1) is 0 Å². The molecule has 0 amide bonds. The molecule has 0 radical (unpaired) electrons. The summed E-state index contributed by atoms with van der Waals surface area (Å²) in [7, 11) is 0. The molecule has 0 unspecified atom stereocenters. The molecular weight excluding hydrogens is 436 g/mol. The Balaban J connectivity index is 2.65. The van der Waals surface area contributed by atoms with Gasteiger partial charge in [0, 0.05) is 33.8 Å². The number of alkyl halides is 2. The third-order valence-electron chi connectivity index (χ3n) is 3.34. The molecule has 1 aromatic carbocycles. The zero-order valence-corrected chi connectivity index (χ0v) is 16.1. The fourth-order valence-corrected chi connectivity index (χ4v) is 4.29. The van der Waals surface area contributed by atoms with E-state index in [1.54, 1.807) is 0 Å². The molecule has 0 aliphatic carbocycles. The Morgan fingerprint density at radius 2 is 1.68 bits per heavy atom. The van der Waals surface area contributed by atoms with Crippen molar-refractivity contribution >= 4 is 47.8 Å². The van der Waals surface area contributed by atoms with E-state index >= 15 is 0 Å². The van der Waals surface area contributed by atoms with E-state index in [-0.39, 0.29) is 5.41 Å². The molecule has 0 heterocycles. The van der Waals surface area contributed by atoms with Crippen molar-refractivity contribution in [1.29, 1.82) is 0 Å². The van der Waals surface area contributed by atoms with E-state index < -0.39 is 0 Å². The van der Waals surface area contributed by atoms with Gasteiger partial charge >= 0.3 is 0 Å². The summed E-state index contributed by atoms with van der Waals surface area (Å²) in [5.41, 5.74) is 1.45. The van der Waals surface area contributed by atoms with E-state index in [0.717, 1.165) is 41.2 Å². The van der Waals surface area contributed by atoms with Gasteiger partial charge in [-0.3, -0.25) is 0 Å².